The highest BCUT2D eigenvalue weighted by molar-refractivity contribution is 7.80. The lowest BCUT2D eigenvalue weighted by Gasteiger charge is -2.16. The molecule has 0 spiro atoms. The third-order valence-corrected chi connectivity index (χ3v) is 5.94. The molecule has 4 aromatic rings. The Bertz CT molecular complexity index is 1280. The van der Waals surface area contributed by atoms with E-state index < -0.39 is 28.5 Å². The number of aryl methyl sites for hydroxylation is 1. The SMILES string of the molecule is CCn1cnc2c(=O)n(-c3ccc(F)cc3)c(C(S)c3nc(C(F)(F)F)cs3)nc21. The topological polar surface area (TPSA) is 65.6 Å². The van der Waals surface area contributed by atoms with Gasteiger partial charge in [-0.2, -0.15) is 25.8 Å². The van der Waals surface area contributed by atoms with Gasteiger partial charge in [-0.1, -0.05) is 0 Å². The smallest absolute Gasteiger partial charge is 0.315 e. The first-order valence-corrected chi connectivity index (χ1v) is 10.0. The fourth-order valence-corrected chi connectivity index (χ4v) is 4.14. The second-order valence-corrected chi connectivity index (χ2v) is 7.67. The minimum absolute atomic E-state index is 0.0235. The molecule has 4 rings (SSSR count). The number of rotatable bonds is 4. The minimum Gasteiger partial charge on any atom is -0.315 e. The Morgan fingerprint density at radius 3 is 2.50 bits per heavy atom. The third-order valence-electron chi connectivity index (χ3n) is 4.38. The van der Waals surface area contributed by atoms with E-state index in [2.05, 4.69) is 27.6 Å². The maximum atomic E-state index is 13.4. The van der Waals surface area contributed by atoms with Crippen LogP contribution in [0.2, 0.25) is 0 Å². The largest absolute Gasteiger partial charge is 0.434 e. The zero-order valence-corrected chi connectivity index (χ0v) is 17.0. The maximum Gasteiger partial charge on any atom is 0.434 e. The van der Waals surface area contributed by atoms with Crippen molar-refractivity contribution in [2.45, 2.75) is 24.9 Å². The zero-order chi connectivity index (χ0) is 21.6. The Labute approximate surface area is 176 Å². The Kier molecular flexibility index (Phi) is 5.14. The molecule has 1 aromatic carbocycles. The first kappa shape index (κ1) is 20.5. The van der Waals surface area contributed by atoms with E-state index in [1.807, 2.05) is 6.92 Å². The summed E-state index contributed by atoms with van der Waals surface area (Å²) in [6, 6.07) is 5.07. The standard InChI is InChI=1S/C18H13F4N5OS2/c1-2-26-8-23-12-14(26)25-15(13(29)16-24-11(7-30-16)18(20,21)22)27(17(12)28)10-5-3-9(19)4-6-10/h3-8,13,29H,2H2,1H3. The number of halogens is 4. The van der Waals surface area contributed by atoms with Crippen LogP contribution in [0, 0.1) is 5.82 Å². The van der Waals surface area contributed by atoms with Gasteiger partial charge in [0.15, 0.2) is 16.9 Å². The maximum absolute atomic E-state index is 13.4. The number of fused-ring (bicyclic) bond motifs is 1. The quantitative estimate of drug-likeness (QED) is 0.369. The molecule has 0 fully saturated rings. The van der Waals surface area contributed by atoms with Crippen molar-refractivity contribution in [3.8, 4) is 5.69 Å². The summed E-state index contributed by atoms with van der Waals surface area (Å²) in [6.45, 7) is 2.32. The van der Waals surface area contributed by atoms with Crippen LogP contribution in [0.5, 0.6) is 0 Å². The molecular formula is C18H13F4N5OS2. The summed E-state index contributed by atoms with van der Waals surface area (Å²) >= 11 is 5.19. The molecule has 3 aromatic heterocycles. The van der Waals surface area contributed by atoms with E-state index in [0.29, 0.717) is 6.54 Å². The average molecular weight is 455 g/mol. The lowest BCUT2D eigenvalue weighted by Crippen LogP contribution is -2.25. The first-order valence-electron chi connectivity index (χ1n) is 8.65. The molecule has 0 N–H and O–H groups in total. The van der Waals surface area contributed by atoms with E-state index in [1.54, 1.807) is 4.57 Å². The monoisotopic (exact) mass is 455 g/mol. The number of thiazole rings is 1. The molecule has 0 aliphatic carbocycles. The molecule has 30 heavy (non-hydrogen) atoms. The lowest BCUT2D eigenvalue weighted by molar-refractivity contribution is -0.140. The fraction of sp³-hybridized carbons (Fsp3) is 0.222. The summed E-state index contributed by atoms with van der Waals surface area (Å²) in [5, 5.41) is -0.128. The molecule has 6 nitrogen and oxygen atoms in total. The normalized spacial score (nSPS) is 13.1. The van der Waals surface area contributed by atoms with Gasteiger partial charge in [0, 0.05) is 11.9 Å². The fourth-order valence-electron chi connectivity index (χ4n) is 2.92. The van der Waals surface area contributed by atoms with Crippen molar-refractivity contribution in [3.63, 3.8) is 0 Å². The minimum atomic E-state index is -4.60. The van der Waals surface area contributed by atoms with E-state index in [0.717, 1.165) is 16.7 Å². The number of imidazole rings is 1. The van der Waals surface area contributed by atoms with Gasteiger partial charge in [0.25, 0.3) is 5.56 Å². The van der Waals surface area contributed by atoms with Crippen LogP contribution in [-0.4, -0.2) is 24.1 Å². The van der Waals surface area contributed by atoms with E-state index in [-0.39, 0.29) is 27.7 Å². The Morgan fingerprint density at radius 1 is 1.20 bits per heavy atom. The van der Waals surface area contributed by atoms with Crippen molar-refractivity contribution in [2.75, 3.05) is 0 Å². The molecule has 0 saturated heterocycles. The van der Waals surface area contributed by atoms with Crippen molar-refractivity contribution in [1.82, 2.24) is 24.1 Å². The summed E-state index contributed by atoms with van der Waals surface area (Å²) in [6.07, 6.45) is -3.15. The van der Waals surface area contributed by atoms with Gasteiger partial charge in [-0.25, -0.2) is 19.3 Å². The Balaban J connectivity index is 1.96. The number of nitrogens with zero attached hydrogens (tertiary/aromatic N) is 5. The Hall–Kier alpha value is -2.73. The van der Waals surface area contributed by atoms with Gasteiger partial charge in [0.05, 0.1) is 12.0 Å². The van der Waals surface area contributed by atoms with Crippen LogP contribution < -0.4 is 5.56 Å². The molecule has 0 saturated carbocycles. The van der Waals surface area contributed by atoms with Gasteiger partial charge >= 0.3 is 6.18 Å². The lowest BCUT2D eigenvalue weighted by atomic mass is 10.2. The predicted octanol–water partition coefficient (Wildman–Crippen LogP) is 4.24. The third kappa shape index (κ3) is 3.49. The van der Waals surface area contributed by atoms with E-state index in [1.165, 1.54) is 35.2 Å². The molecule has 12 heteroatoms. The summed E-state index contributed by atoms with van der Waals surface area (Å²) in [5.74, 6) is -0.449. The molecule has 0 aliphatic rings. The average Bonchev–Trinajstić information content (AvgIpc) is 3.35. The molecule has 0 bridgehead atoms. The first-order chi connectivity index (χ1) is 14.2. The van der Waals surface area contributed by atoms with E-state index in [4.69, 9.17) is 0 Å². The number of benzene rings is 1. The number of aromatic nitrogens is 5. The van der Waals surface area contributed by atoms with Crippen molar-refractivity contribution in [3.05, 3.63) is 68.7 Å². The molecular weight excluding hydrogens is 442 g/mol. The molecule has 0 amide bonds. The summed E-state index contributed by atoms with van der Waals surface area (Å²) in [4.78, 5) is 25.4. The van der Waals surface area contributed by atoms with Crippen molar-refractivity contribution in [1.29, 1.82) is 0 Å². The molecule has 3 heterocycles. The summed E-state index contributed by atoms with van der Waals surface area (Å²) in [5.41, 5.74) is -0.941. The number of thiol groups is 1. The van der Waals surface area contributed by atoms with Gasteiger partial charge in [0.1, 0.15) is 21.9 Å². The van der Waals surface area contributed by atoms with Gasteiger partial charge in [0.2, 0.25) is 0 Å². The second-order valence-electron chi connectivity index (χ2n) is 6.26. The van der Waals surface area contributed by atoms with Crippen LogP contribution in [0.1, 0.15) is 28.7 Å². The van der Waals surface area contributed by atoms with E-state index in [9.17, 15) is 22.4 Å². The molecule has 0 radical (unpaired) electrons. The molecule has 1 unspecified atom stereocenters. The number of hydrogen-bond acceptors (Lipinski definition) is 6. The zero-order valence-electron chi connectivity index (χ0n) is 15.3. The van der Waals surface area contributed by atoms with Gasteiger partial charge in [-0.3, -0.25) is 9.36 Å². The van der Waals surface area contributed by atoms with E-state index >= 15 is 0 Å². The number of hydrogen-bond donors (Lipinski definition) is 1. The number of alkyl halides is 3. The van der Waals surface area contributed by atoms with Crippen LogP contribution in [0.25, 0.3) is 16.9 Å². The van der Waals surface area contributed by atoms with Crippen molar-refractivity contribution >= 4 is 35.1 Å². The highest BCUT2D eigenvalue weighted by atomic mass is 32.1. The van der Waals surface area contributed by atoms with Crippen LogP contribution >= 0.6 is 24.0 Å². The van der Waals surface area contributed by atoms with Crippen molar-refractivity contribution in [2.24, 2.45) is 0 Å². The molecule has 0 aliphatic heterocycles. The Morgan fingerprint density at radius 2 is 1.90 bits per heavy atom. The van der Waals surface area contributed by atoms with Crippen LogP contribution in [-0.2, 0) is 12.7 Å². The van der Waals surface area contributed by atoms with Crippen LogP contribution in [0.4, 0.5) is 17.6 Å². The van der Waals surface area contributed by atoms with Gasteiger partial charge in [-0.05, 0) is 31.2 Å². The molecule has 156 valence electrons. The van der Waals surface area contributed by atoms with Crippen LogP contribution in [0.15, 0.2) is 40.8 Å². The van der Waals surface area contributed by atoms with Crippen molar-refractivity contribution < 1.29 is 17.6 Å². The predicted molar refractivity (Wildman–Crippen MR) is 107 cm³/mol. The highest BCUT2D eigenvalue weighted by Crippen LogP contribution is 2.36. The highest BCUT2D eigenvalue weighted by Gasteiger charge is 2.35. The van der Waals surface area contributed by atoms with Gasteiger partial charge < -0.3 is 4.57 Å². The van der Waals surface area contributed by atoms with Crippen LogP contribution in [0.3, 0.4) is 0 Å². The van der Waals surface area contributed by atoms with Gasteiger partial charge in [-0.15, -0.1) is 11.3 Å². The molecule has 1 atom stereocenters. The summed E-state index contributed by atoms with van der Waals surface area (Å²) < 4.78 is 55.1. The second kappa shape index (κ2) is 7.51. The summed E-state index contributed by atoms with van der Waals surface area (Å²) in [7, 11) is 0.